The van der Waals surface area contributed by atoms with Crippen LogP contribution in [-0.2, 0) is 30.3 Å². The predicted octanol–water partition coefficient (Wildman–Crippen LogP) is 1.10. The minimum atomic E-state index is -2.04. The van der Waals surface area contributed by atoms with E-state index in [0.29, 0.717) is 11.1 Å². The van der Waals surface area contributed by atoms with Crippen LogP contribution in [0, 0.1) is 11.3 Å². The highest BCUT2D eigenvalue weighted by atomic mass is 16.6. The van der Waals surface area contributed by atoms with Gasteiger partial charge in [-0.2, -0.15) is 5.26 Å². The highest BCUT2D eigenvalue weighted by molar-refractivity contribution is 6.08. The van der Waals surface area contributed by atoms with Gasteiger partial charge in [0.2, 0.25) is 11.4 Å². The van der Waals surface area contributed by atoms with Crippen molar-refractivity contribution in [2.75, 3.05) is 13.2 Å². The van der Waals surface area contributed by atoms with Crippen molar-refractivity contribution in [3.63, 3.8) is 0 Å². The van der Waals surface area contributed by atoms with E-state index in [-0.39, 0.29) is 19.6 Å². The van der Waals surface area contributed by atoms with E-state index >= 15 is 0 Å². The van der Waals surface area contributed by atoms with Crippen molar-refractivity contribution in [1.82, 2.24) is 5.32 Å². The van der Waals surface area contributed by atoms with Crippen LogP contribution in [0.2, 0.25) is 0 Å². The van der Waals surface area contributed by atoms with Crippen molar-refractivity contribution in [2.45, 2.75) is 32.7 Å². The Bertz CT molecular complexity index is 645. The first kappa shape index (κ1) is 19.2. The molecule has 0 aliphatic rings. The van der Waals surface area contributed by atoms with Crippen molar-refractivity contribution in [3.8, 4) is 6.07 Å². The maximum Gasteiger partial charge on any atom is 0.344 e. The van der Waals surface area contributed by atoms with Crippen LogP contribution in [0.1, 0.15) is 31.9 Å². The molecule has 0 radical (unpaired) electrons. The van der Waals surface area contributed by atoms with Gasteiger partial charge < -0.3 is 14.8 Å². The second kappa shape index (κ2) is 8.67. The van der Waals surface area contributed by atoms with Gasteiger partial charge in [-0.15, -0.1) is 0 Å². The van der Waals surface area contributed by atoms with E-state index in [1.54, 1.807) is 38.1 Å². The van der Waals surface area contributed by atoms with Gasteiger partial charge in [0.05, 0.1) is 24.8 Å². The van der Waals surface area contributed by atoms with Gasteiger partial charge in [-0.1, -0.05) is 18.2 Å². The molecule has 1 N–H and O–H groups in total. The fourth-order valence-electron chi connectivity index (χ4n) is 2.25. The maximum atomic E-state index is 12.5. The van der Waals surface area contributed by atoms with Gasteiger partial charge in [0.1, 0.15) is 0 Å². The Labute approximate surface area is 140 Å². The third-order valence-electron chi connectivity index (χ3n) is 3.23. The predicted molar refractivity (Wildman–Crippen MR) is 84.7 cm³/mol. The van der Waals surface area contributed by atoms with Gasteiger partial charge in [-0.3, -0.25) is 4.79 Å². The summed E-state index contributed by atoms with van der Waals surface area (Å²) in [5.74, 6) is -2.44. The molecule has 7 nitrogen and oxygen atoms in total. The van der Waals surface area contributed by atoms with Gasteiger partial charge in [0.15, 0.2) is 0 Å². The summed E-state index contributed by atoms with van der Waals surface area (Å²) in [7, 11) is 0. The van der Waals surface area contributed by atoms with Gasteiger partial charge >= 0.3 is 11.9 Å². The Morgan fingerprint density at radius 2 is 1.67 bits per heavy atom. The summed E-state index contributed by atoms with van der Waals surface area (Å²) in [5.41, 5.74) is -1.32. The molecule has 0 atom stereocenters. The van der Waals surface area contributed by atoms with Gasteiger partial charge in [0, 0.05) is 13.3 Å². The number of rotatable bonds is 7. The fourth-order valence-corrected chi connectivity index (χ4v) is 2.25. The molecule has 0 spiro atoms. The van der Waals surface area contributed by atoms with Crippen LogP contribution >= 0.6 is 0 Å². The number of nitriles is 1. The molecular weight excluding hydrogens is 312 g/mol. The lowest BCUT2D eigenvalue weighted by molar-refractivity contribution is -0.168. The zero-order valence-electron chi connectivity index (χ0n) is 13.9. The van der Waals surface area contributed by atoms with Crippen molar-refractivity contribution in [3.05, 3.63) is 35.4 Å². The number of carbonyl (C=O) groups excluding carboxylic acids is 3. The number of carbonyl (C=O) groups is 3. The first-order valence-electron chi connectivity index (χ1n) is 7.52. The molecule has 0 saturated carbocycles. The van der Waals surface area contributed by atoms with Crippen molar-refractivity contribution >= 4 is 17.8 Å². The summed E-state index contributed by atoms with van der Waals surface area (Å²) in [6.07, 6.45) is -0.242. The van der Waals surface area contributed by atoms with E-state index in [4.69, 9.17) is 9.47 Å². The summed E-state index contributed by atoms with van der Waals surface area (Å²) in [6.45, 7) is 4.41. The molecule has 0 heterocycles. The Kier molecular flexibility index (Phi) is 6.93. The summed E-state index contributed by atoms with van der Waals surface area (Å²) < 4.78 is 9.97. The van der Waals surface area contributed by atoms with Gasteiger partial charge in [0.25, 0.3) is 0 Å². The van der Waals surface area contributed by atoms with Gasteiger partial charge in [-0.05, 0) is 25.5 Å². The Balaban J connectivity index is 3.43. The van der Waals surface area contributed by atoms with Crippen LogP contribution in [0.5, 0.6) is 0 Å². The second-order valence-electron chi connectivity index (χ2n) is 4.97. The molecule has 7 heteroatoms. The number of ether oxygens (including phenoxy) is 2. The van der Waals surface area contributed by atoms with Gasteiger partial charge in [-0.25, -0.2) is 9.59 Å². The molecule has 0 aliphatic heterocycles. The molecule has 0 saturated heterocycles. The molecule has 1 aromatic rings. The van der Waals surface area contributed by atoms with Crippen LogP contribution in [0.4, 0.5) is 0 Å². The van der Waals surface area contributed by atoms with E-state index in [0.717, 1.165) is 0 Å². The van der Waals surface area contributed by atoms with Crippen LogP contribution in [-0.4, -0.2) is 36.6 Å². The first-order valence-corrected chi connectivity index (χ1v) is 7.52. The van der Waals surface area contributed by atoms with Crippen LogP contribution < -0.4 is 5.32 Å². The largest absolute Gasteiger partial charge is 0.464 e. The highest BCUT2D eigenvalue weighted by Gasteiger charge is 2.50. The monoisotopic (exact) mass is 332 g/mol. The second-order valence-corrected chi connectivity index (χ2v) is 4.97. The minimum Gasteiger partial charge on any atom is -0.464 e. The lowest BCUT2D eigenvalue weighted by Crippen LogP contribution is -2.62. The standard InChI is InChI=1S/C17H20N2O5/c1-4-23-15(21)17(19-12(3)20,16(22)24-5-2)10-13-8-6-7-9-14(13)11-18/h6-9H,4-5,10H2,1-3H3,(H,19,20). The maximum absolute atomic E-state index is 12.5. The Hall–Kier alpha value is -2.88. The van der Waals surface area contributed by atoms with Crippen molar-refractivity contribution in [2.24, 2.45) is 0 Å². The average Bonchev–Trinajstić information content (AvgIpc) is 2.54. The number of esters is 2. The molecular formula is C17H20N2O5. The molecule has 1 amide bonds. The smallest absolute Gasteiger partial charge is 0.344 e. The number of nitrogens with one attached hydrogen (secondary N) is 1. The average molecular weight is 332 g/mol. The molecule has 0 fully saturated rings. The number of benzene rings is 1. The highest BCUT2D eigenvalue weighted by Crippen LogP contribution is 2.21. The number of nitrogens with zero attached hydrogens (tertiary/aromatic N) is 1. The van der Waals surface area contributed by atoms with E-state index in [1.165, 1.54) is 6.92 Å². The summed E-state index contributed by atoms with van der Waals surface area (Å²) in [6, 6.07) is 8.50. The van der Waals surface area contributed by atoms with E-state index in [2.05, 4.69) is 5.32 Å². The van der Waals surface area contributed by atoms with E-state index in [1.807, 2.05) is 6.07 Å². The topological polar surface area (TPSA) is 105 Å². The Morgan fingerprint density at radius 3 is 2.12 bits per heavy atom. The zero-order chi connectivity index (χ0) is 18.2. The van der Waals surface area contributed by atoms with Crippen molar-refractivity contribution < 1.29 is 23.9 Å². The van der Waals surface area contributed by atoms with Crippen LogP contribution in [0.15, 0.2) is 24.3 Å². The fraction of sp³-hybridized carbons (Fsp3) is 0.412. The summed E-state index contributed by atoms with van der Waals surface area (Å²) in [4.78, 5) is 36.6. The number of hydrogen-bond donors (Lipinski definition) is 1. The van der Waals surface area contributed by atoms with E-state index < -0.39 is 23.4 Å². The quantitative estimate of drug-likeness (QED) is 0.592. The molecule has 128 valence electrons. The molecule has 0 aliphatic carbocycles. The first-order chi connectivity index (χ1) is 11.4. The third-order valence-corrected chi connectivity index (χ3v) is 3.23. The Morgan fingerprint density at radius 1 is 1.12 bits per heavy atom. The molecule has 0 unspecified atom stereocenters. The van der Waals surface area contributed by atoms with Crippen LogP contribution in [0.3, 0.4) is 0 Å². The number of hydrogen-bond acceptors (Lipinski definition) is 6. The summed E-state index contributed by atoms with van der Waals surface area (Å²) in [5, 5.41) is 11.6. The lowest BCUT2D eigenvalue weighted by Gasteiger charge is -2.30. The van der Waals surface area contributed by atoms with E-state index in [9.17, 15) is 19.6 Å². The normalized spacial score (nSPS) is 10.4. The number of amides is 1. The van der Waals surface area contributed by atoms with Crippen LogP contribution in [0.25, 0.3) is 0 Å². The lowest BCUT2D eigenvalue weighted by atomic mass is 9.88. The zero-order valence-corrected chi connectivity index (χ0v) is 13.9. The molecule has 24 heavy (non-hydrogen) atoms. The minimum absolute atomic E-state index is 0.0273. The SMILES string of the molecule is CCOC(=O)C(Cc1ccccc1C#N)(NC(C)=O)C(=O)OCC. The molecule has 1 aromatic carbocycles. The third kappa shape index (κ3) is 4.32. The summed E-state index contributed by atoms with van der Waals surface area (Å²) >= 11 is 0. The molecule has 1 rings (SSSR count). The van der Waals surface area contributed by atoms with Crippen molar-refractivity contribution in [1.29, 1.82) is 5.26 Å². The molecule has 0 aromatic heterocycles. The molecule has 0 bridgehead atoms.